The van der Waals surface area contributed by atoms with Crippen molar-refractivity contribution >= 4 is 16.8 Å². The molecule has 0 radical (unpaired) electrons. The number of likely N-dealkylation sites (tertiary alicyclic amines) is 1. The zero-order valence-corrected chi connectivity index (χ0v) is 20.9. The van der Waals surface area contributed by atoms with Gasteiger partial charge in [0, 0.05) is 23.2 Å². The Morgan fingerprint density at radius 2 is 1.85 bits per heavy atom. The van der Waals surface area contributed by atoms with Gasteiger partial charge in [-0.2, -0.15) is 0 Å². The molecule has 2 aromatic carbocycles. The second-order valence-electron chi connectivity index (χ2n) is 9.58. The van der Waals surface area contributed by atoms with Crippen LogP contribution in [-0.4, -0.2) is 49.1 Å². The number of fused-ring (bicyclic) bond motifs is 1. The Hall–Kier alpha value is -3.12. The first-order valence-electron chi connectivity index (χ1n) is 12.0. The fourth-order valence-corrected chi connectivity index (χ4v) is 4.21. The molecule has 2 heterocycles. The van der Waals surface area contributed by atoms with Crippen molar-refractivity contribution in [3.05, 3.63) is 65.4 Å². The van der Waals surface area contributed by atoms with E-state index in [2.05, 4.69) is 34.4 Å². The number of ether oxygens (including phenoxy) is 2. The lowest BCUT2D eigenvalue weighted by molar-refractivity contribution is 0.0930. The number of hydrogen-bond acceptors (Lipinski definition) is 5. The predicted octanol–water partition coefficient (Wildman–Crippen LogP) is 5.08. The highest BCUT2D eigenvalue weighted by Crippen LogP contribution is 2.49. The van der Waals surface area contributed by atoms with Gasteiger partial charge in [0.2, 0.25) is 0 Å². The van der Waals surface area contributed by atoms with E-state index in [0.717, 1.165) is 40.6 Å². The summed E-state index contributed by atoms with van der Waals surface area (Å²) >= 11 is 0. The van der Waals surface area contributed by atoms with Crippen LogP contribution in [0.5, 0.6) is 11.5 Å². The lowest BCUT2D eigenvalue weighted by atomic mass is 9.97. The summed E-state index contributed by atoms with van der Waals surface area (Å²) in [7, 11) is 3.75. The molecule has 1 N–H and O–H groups in total. The predicted molar refractivity (Wildman–Crippen MR) is 136 cm³/mol. The zero-order chi connectivity index (χ0) is 24.3. The van der Waals surface area contributed by atoms with Gasteiger partial charge in [0.05, 0.1) is 24.3 Å². The van der Waals surface area contributed by atoms with Crippen molar-refractivity contribution in [1.29, 1.82) is 0 Å². The standard InChI is InChI=1S/C24H26N2O3.C4H9N/c1-15(2)29-18-13-21(19-6-5-11-25-22(19)14-18)24(9-10-24)26-23(27)20-12-17(28-4)8-7-16(20)3;1-5-3-2-4-5/h5-8,11-15H,9-10H2,1-4H3,(H,26,27);2-4H2,1H3. The number of nitrogens with zero attached hydrogens (tertiary/aromatic N) is 2. The third kappa shape index (κ3) is 5.33. The Morgan fingerprint density at radius 1 is 1.12 bits per heavy atom. The number of aryl methyl sites for hydroxylation is 1. The van der Waals surface area contributed by atoms with E-state index in [0.29, 0.717) is 11.3 Å². The van der Waals surface area contributed by atoms with Crippen molar-refractivity contribution in [2.45, 2.75) is 51.7 Å². The van der Waals surface area contributed by atoms with E-state index in [1.807, 2.05) is 45.0 Å². The molecule has 1 saturated heterocycles. The Labute approximate surface area is 202 Å². The van der Waals surface area contributed by atoms with Crippen molar-refractivity contribution < 1.29 is 14.3 Å². The minimum Gasteiger partial charge on any atom is -0.497 e. The number of hydrogen-bond donors (Lipinski definition) is 1. The summed E-state index contributed by atoms with van der Waals surface area (Å²) in [6.07, 6.45) is 5.03. The second kappa shape index (κ2) is 10.0. The van der Waals surface area contributed by atoms with E-state index in [1.54, 1.807) is 19.4 Å². The molecule has 1 amide bonds. The van der Waals surface area contributed by atoms with Crippen molar-refractivity contribution in [2.24, 2.45) is 0 Å². The summed E-state index contributed by atoms with van der Waals surface area (Å²) in [6, 6.07) is 13.6. The maximum Gasteiger partial charge on any atom is 0.252 e. The van der Waals surface area contributed by atoms with E-state index >= 15 is 0 Å². The number of amides is 1. The maximum atomic E-state index is 13.1. The maximum absolute atomic E-state index is 13.1. The molecule has 2 aliphatic rings. The quantitative estimate of drug-likeness (QED) is 0.555. The third-order valence-corrected chi connectivity index (χ3v) is 6.45. The highest BCUT2D eigenvalue weighted by atomic mass is 16.5. The molecule has 0 bridgehead atoms. The molecular weight excluding hydrogens is 426 g/mol. The van der Waals surface area contributed by atoms with Crippen LogP contribution in [0.3, 0.4) is 0 Å². The van der Waals surface area contributed by atoms with E-state index in [1.165, 1.54) is 19.5 Å². The molecule has 5 rings (SSSR count). The molecule has 1 saturated carbocycles. The number of rotatable bonds is 6. The first-order valence-corrected chi connectivity index (χ1v) is 12.0. The van der Waals surface area contributed by atoms with Gasteiger partial charge >= 0.3 is 0 Å². The first kappa shape index (κ1) is 24.0. The number of carbonyl (C=O) groups excluding carboxylic acids is 1. The summed E-state index contributed by atoms with van der Waals surface area (Å²) < 4.78 is 11.3. The van der Waals surface area contributed by atoms with Gasteiger partial charge in [0.1, 0.15) is 11.5 Å². The molecule has 1 aliphatic heterocycles. The molecule has 0 spiro atoms. The molecule has 2 fully saturated rings. The Balaban J connectivity index is 0.000000486. The monoisotopic (exact) mass is 461 g/mol. The number of pyridine rings is 1. The molecule has 0 atom stereocenters. The number of nitrogens with one attached hydrogen (secondary N) is 1. The average molecular weight is 462 g/mol. The highest BCUT2D eigenvalue weighted by molar-refractivity contribution is 5.97. The summed E-state index contributed by atoms with van der Waals surface area (Å²) in [6.45, 7) is 8.58. The van der Waals surface area contributed by atoms with Crippen LogP contribution in [-0.2, 0) is 5.54 Å². The van der Waals surface area contributed by atoms with Gasteiger partial charge in [-0.15, -0.1) is 0 Å². The number of carbonyl (C=O) groups is 1. The van der Waals surface area contributed by atoms with Crippen LogP contribution in [0.25, 0.3) is 10.9 Å². The summed E-state index contributed by atoms with van der Waals surface area (Å²) in [5.41, 5.74) is 3.09. The molecule has 1 aromatic heterocycles. The van der Waals surface area contributed by atoms with Gasteiger partial charge in [-0.3, -0.25) is 9.78 Å². The van der Waals surface area contributed by atoms with Crippen LogP contribution in [0, 0.1) is 6.92 Å². The average Bonchev–Trinajstić information content (AvgIpc) is 3.57. The molecular formula is C28H35N3O3. The minimum absolute atomic E-state index is 0.0631. The molecule has 180 valence electrons. The minimum atomic E-state index is -0.399. The van der Waals surface area contributed by atoms with Gasteiger partial charge in [-0.25, -0.2) is 0 Å². The Bertz CT molecular complexity index is 1170. The van der Waals surface area contributed by atoms with Crippen LogP contribution in [0.4, 0.5) is 0 Å². The van der Waals surface area contributed by atoms with Crippen molar-refractivity contribution in [3.63, 3.8) is 0 Å². The van der Waals surface area contributed by atoms with Crippen LogP contribution < -0.4 is 14.8 Å². The van der Waals surface area contributed by atoms with Crippen LogP contribution in [0.2, 0.25) is 0 Å². The van der Waals surface area contributed by atoms with E-state index in [-0.39, 0.29) is 12.0 Å². The zero-order valence-electron chi connectivity index (χ0n) is 20.9. The number of benzene rings is 2. The third-order valence-electron chi connectivity index (χ3n) is 6.45. The van der Waals surface area contributed by atoms with E-state index < -0.39 is 5.54 Å². The first-order chi connectivity index (χ1) is 16.3. The van der Waals surface area contributed by atoms with Crippen LogP contribution in [0.15, 0.2) is 48.7 Å². The molecule has 34 heavy (non-hydrogen) atoms. The second-order valence-corrected chi connectivity index (χ2v) is 9.58. The summed E-state index contributed by atoms with van der Waals surface area (Å²) in [5.74, 6) is 1.36. The van der Waals surface area contributed by atoms with Gasteiger partial charge < -0.3 is 19.7 Å². The lowest BCUT2D eigenvalue weighted by Crippen LogP contribution is -2.35. The lowest BCUT2D eigenvalue weighted by Gasteiger charge is -2.24. The van der Waals surface area contributed by atoms with E-state index in [4.69, 9.17) is 9.47 Å². The van der Waals surface area contributed by atoms with Gasteiger partial charge in [-0.05, 0) is 95.6 Å². The number of methoxy groups -OCH3 is 1. The van der Waals surface area contributed by atoms with Gasteiger partial charge in [0.15, 0.2) is 0 Å². The van der Waals surface area contributed by atoms with Crippen molar-refractivity contribution in [1.82, 2.24) is 15.2 Å². The topological polar surface area (TPSA) is 63.7 Å². The SMILES string of the molecule is CN1CCC1.COc1ccc(C)c(C(=O)NC2(c3cc(OC(C)C)cc4ncccc34)CC2)c1. The van der Waals surface area contributed by atoms with Gasteiger partial charge in [0.25, 0.3) is 5.91 Å². The fourth-order valence-electron chi connectivity index (χ4n) is 4.21. The molecule has 6 nitrogen and oxygen atoms in total. The highest BCUT2D eigenvalue weighted by Gasteiger charge is 2.47. The van der Waals surface area contributed by atoms with Gasteiger partial charge in [-0.1, -0.05) is 12.1 Å². The van der Waals surface area contributed by atoms with Crippen LogP contribution in [0.1, 0.15) is 54.6 Å². The van der Waals surface area contributed by atoms with Crippen molar-refractivity contribution in [2.75, 3.05) is 27.2 Å². The largest absolute Gasteiger partial charge is 0.497 e. The normalized spacial score (nSPS) is 16.3. The van der Waals surface area contributed by atoms with Crippen LogP contribution >= 0.6 is 0 Å². The molecule has 6 heteroatoms. The molecule has 0 unspecified atom stereocenters. The molecule has 3 aromatic rings. The smallest absolute Gasteiger partial charge is 0.252 e. The molecule has 1 aliphatic carbocycles. The number of aromatic nitrogens is 1. The van der Waals surface area contributed by atoms with Crippen molar-refractivity contribution in [3.8, 4) is 11.5 Å². The summed E-state index contributed by atoms with van der Waals surface area (Å²) in [5, 5.41) is 4.33. The Kier molecular flexibility index (Phi) is 7.08. The Morgan fingerprint density at radius 3 is 2.44 bits per heavy atom. The summed E-state index contributed by atoms with van der Waals surface area (Å²) in [4.78, 5) is 20.0. The fraction of sp³-hybridized carbons (Fsp3) is 0.429. The van der Waals surface area contributed by atoms with E-state index in [9.17, 15) is 4.79 Å².